The van der Waals surface area contributed by atoms with Crippen molar-refractivity contribution >= 4 is 11.6 Å². The van der Waals surface area contributed by atoms with Gasteiger partial charge in [0.2, 0.25) is 0 Å². The van der Waals surface area contributed by atoms with Crippen LogP contribution in [-0.4, -0.2) is 23.9 Å². The molecule has 1 N–H and O–H groups in total. The number of carbonyl (C=O) groups is 1. The average Bonchev–Trinajstić information content (AvgIpc) is 3.37. The minimum absolute atomic E-state index is 0.165. The second-order valence-corrected chi connectivity index (χ2v) is 8.75. The first-order valence-electron chi connectivity index (χ1n) is 11.0. The number of anilines is 1. The third kappa shape index (κ3) is 2.67. The van der Waals surface area contributed by atoms with Gasteiger partial charge in [0.15, 0.2) is 0 Å². The Hall–Kier alpha value is -2.29. The summed E-state index contributed by atoms with van der Waals surface area (Å²) in [6.07, 6.45) is 4.07. The molecule has 0 unspecified atom stereocenters. The number of hydrogen-bond donors (Lipinski definition) is 1. The Morgan fingerprint density at radius 2 is 1.79 bits per heavy atom. The first-order valence-corrected chi connectivity index (χ1v) is 11.0. The lowest BCUT2D eigenvalue weighted by Crippen LogP contribution is -2.36. The van der Waals surface area contributed by atoms with Crippen LogP contribution in [0.2, 0.25) is 0 Å². The van der Waals surface area contributed by atoms with Crippen LogP contribution in [0.3, 0.4) is 0 Å². The minimum atomic E-state index is 0.165. The van der Waals surface area contributed by atoms with Gasteiger partial charge in [0.05, 0.1) is 6.04 Å². The van der Waals surface area contributed by atoms with Crippen LogP contribution in [0, 0.1) is 17.8 Å². The largest absolute Gasteiger partial charge is 0.378 e. The van der Waals surface area contributed by atoms with Gasteiger partial charge < -0.3 is 10.2 Å². The molecule has 2 fully saturated rings. The number of amides is 1. The van der Waals surface area contributed by atoms with Gasteiger partial charge in [-0.1, -0.05) is 30.3 Å². The van der Waals surface area contributed by atoms with Gasteiger partial charge in [-0.05, 0) is 86.1 Å². The molecule has 1 amide bonds. The van der Waals surface area contributed by atoms with E-state index in [1.807, 2.05) is 11.0 Å². The number of nitrogens with one attached hydrogen (secondary N) is 1. The predicted octanol–water partition coefficient (Wildman–Crippen LogP) is 5.47. The van der Waals surface area contributed by atoms with E-state index in [1.54, 1.807) is 0 Å². The number of fused-ring (bicyclic) bond motifs is 7. The maximum Gasteiger partial charge on any atom is 0.253 e. The number of rotatable bonds is 4. The summed E-state index contributed by atoms with van der Waals surface area (Å²) in [6.45, 7) is 5.63. The van der Waals surface area contributed by atoms with Gasteiger partial charge in [-0.2, -0.15) is 0 Å². The third-order valence-electron chi connectivity index (χ3n) is 7.54. The molecule has 2 saturated carbocycles. The summed E-state index contributed by atoms with van der Waals surface area (Å²) >= 11 is 0. The molecule has 3 heteroatoms. The molecule has 1 heterocycles. The SMILES string of the molecule is CCN(CC)C(=O)c1ccc2c(c1)[C@@H]1[C@H]3CC[C@@H](C3)[C@H]1[C@H](c1ccccc1)N2. The first kappa shape index (κ1) is 17.8. The summed E-state index contributed by atoms with van der Waals surface area (Å²) in [5.74, 6) is 2.98. The summed E-state index contributed by atoms with van der Waals surface area (Å²) in [5, 5.41) is 3.87. The van der Waals surface area contributed by atoms with E-state index in [0.29, 0.717) is 17.9 Å². The molecule has 0 aromatic heterocycles. The van der Waals surface area contributed by atoms with E-state index in [4.69, 9.17) is 0 Å². The number of carbonyl (C=O) groups excluding carboxylic acids is 1. The van der Waals surface area contributed by atoms with E-state index >= 15 is 0 Å². The van der Waals surface area contributed by atoms with Crippen LogP contribution in [0.4, 0.5) is 5.69 Å². The van der Waals surface area contributed by atoms with Gasteiger partial charge >= 0.3 is 0 Å². The minimum Gasteiger partial charge on any atom is -0.378 e. The fourth-order valence-corrected chi connectivity index (χ4v) is 6.30. The Kier molecular flexibility index (Phi) is 4.41. The van der Waals surface area contributed by atoms with Crippen molar-refractivity contribution in [3.05, 3.63) is 65.2 Å². The molecule has 2 aromatic rings. The molecule has 0 radical (unpaired) electrons. The smallest absolute Gasteiger partial charge is 0.253 e. The van der Waals surface area contributed by atoms with Crippen LogP contribution in [0.25, 0.3) is 0 Å². The number of benzene rings is 2. The highest BCUT2D eigenvalue weighted by molar-refractivity contribution is 5.95. The van der Waals surface area contributed by atoms with Crippen LogP contribution in [0.5, 0.6) is 0 Å². The summed E-state index contributed by atoms with van der Waals surface area (Å²) in [4.78, 5) is 14.9. The maximum absolute atomic E-state index is 12.9. The van der Waals surface area contributed by atoms with Crippen LogP contribution < -0.4 is 5.32 Å². The molecule has 5 rings (SSSR count). The topological polar surface area (TPSA) is 32.3 Å². The Balaban J connectivity index is 1.56. The molecule has 2 aromatic carbocycles. The predicted molar refractivity (Wildman–Crippen MR) is 114 cm³/mol. The van der Waals surface area contributed by atoms with Crippen molar-refractivity contribution in [2.75, 3.05) is 18.4 Å². The monoisotopic (exact) mass is 374 g/mol. The highest BCUT2D eigenvalue weighted by Crippen LogP contribution is 2.63. The standard InChI is InChI=1S/C25H30N2O/c1-3-27(4-2)25(28)19-12-13-21-20(15-19)22-17-10-11-18(14-17)23(22)24(26-21)16-8-6-5-7-9-16/h5-9,12-13,15,17-18,22-24,26H,3-4,10-11,14H2,1-2H3/t17-,18-,22-,23+,24-/m0/s1. The van der Waals surface area contributed by atoms with E-state index in [9.17, 15) is 4.79 Å². The molecule has 2 aliphatic carbocycles. The second kappa shape index (κ2) is 6.95. The molecule has 1 aliphatic heterocycles. The lowest BCUT2D eigenvalue weighted by Gasteiger charge is -2.43. The van der Waals surface area contributed by atoms with Crippen molar-refractivity contribution in [1.29, 1.82) is 0 Å². The Bertz CT molecular complexity index is 873. The van der Waals surface area contributed by atoms with Crippen molar-refractivity contribution in [3.63, 3.8) is 0 Å². The number of hydrogen-bond acceptors (Lipinski definition) is 2. The van der Waals surface area contributed by atoms with Gasteiger partial charge in [-0.3, -0.25) is 4.79 Å². The van der Waals surface area contributed by atoms with E-state index < -0.39 is 0 Å². The summed E-state index contributed by atoms with van der Waals surface area (Å²) in [6, 6.07) is 17.7. The average molecular weight is 375 g/mol. The molecule has 28 heavy (non-hydrogen) atoms. The maximum atomic E-state index is 12.9. The number of nitrogens with zero attached hydrogens (tertiary/aromatic N) is 1. The molecule has 0 saturated heterocycles. The van der Waals surface area contributed by atoms with Gasteiger partial charge in [-0.15, -0.1) is 0 Å². The lowest BCUT2D eigenvalue weighted by atomic mass is 9.68. The van der Waals surface area contributed by atoms with Gasteiger partial charge in [0.1, 0.15) is 0 Å². The molecule has 2 bridgehead atoms. The normalized spacial score (nSPS) is 29.7. The van der Waals surface area contributed by atoms with E-state index in [2.05, 4.69) is 61.6 Å². The van der Waals surface area contributed by atoms with Gasteiger partial charge in [0, 0.05) is 24.3 Å². The van der Waals surface area contributed by atoms with E-state index in [0.717, 1.165) is 30.5 Å². The highest BCUT2D eigenvalue weighted by atomic mass is 16.2. The van der Waals surface area contributed by atoms with Gasteiger partial charge in [0.25, 0.3) is 5.91 Å². The Labute approximate surface area is 168 Å². The molecular formula is C25H30N2O. The molecule has 0 spiro atoms. The molecular weight excluding hydrogens is 344 g/mol. The highest BCUT2D eigenvalue weighted by Gasteiger charge is 2.53. The lowest BCUT2D eigenvalue weighted by molar-refractivity contribution is 0.0772. The quantitative estimate of drug-likeness (QED) is 0.770. The second-order valence-electron chi connectivity index (χ2n) is 8.75. The summed E-state index contributed by atoms with van der Waals surface area (Å²) in [7, 11) is 0. The summed E-state index contributed by atoms with van der Waals surface area (Å²) < 4.78 is 0. The Morgan fingerprint density at radius 3 is 2.54 bits per heavy atom. The van der Waals surface area contributed by atoms with E-state index in [1.165, 1.54) is 36.1 Å². The zero-order valence-electron chi connectivity index (χ0n) is 16.9. The molecule has 146 valence electrons. The van der Waals surface area contributed by atoms with Crippen molar-refractivity contribution < 1.29 is 4.79 Å². The zero-order valence-corrected chi connectivity index (χ0v) is 16.9. The molecule has 3 aliphatic rings. The molecule has 5 atom stereocenters. The van der Waals surface area contributed by atoms with Crippen molar-refractivity contribution in [2.24, 2.45) is 17.8 Å². The van der Waals surface area contributed by atoms with Crippen LogP contribution in [0.15, 0.2) is 48.5 Å². The van der Waals surface area contributed by atoms with Crippen molar-refractivity contribution in [3.8, 4) is 0 Å². The van der Waals surface area contributed by atoms with Crippen molar-refractivity contribution in [2.45, 2.75) is 45.1 Å². The fraction of sp³-hybridized carbons (Fsp3) is 0.480. The van der Waals surface area contributed by atoms with E-state index in [-0.39, 0.29) is 5.91 Å². The van der Waals surface area contributed by atoms with Crippen molar-refractivity contribution in [1.82, 2.24) is 4.90 Å². The van der Waals surface area contributed by atoms with Crippen LogP contribution in [-0.2, 0) is 0 Å². The van der Waals surface area contributed by atoms with Crippen LogP contribution in [0.1, 0.15) is 66.6 Å². The van der Waals surface area contributed by atoms with Gasteiger partial charge in [-0.25, -0.2) is 0 Å². The first-order chi connectivity index (χ1) is 13.7. The Morgan fingerprint density at radius 1 is 1.04 bits per heavy atom. The third-order valence-corrected chi connectivity index (χ3v) is 7.54. The summed E-state index contributed by atoms with van der Waals surface area (Å²) in [5.41, 5.74) is 4.88. The molecule has 3 nitrogen and oxygen atoms in total. The fourth-order valence-electron chi connectivity index (χ4n) is 6.30. The van der Waals surface area contributed by atoms with Crippen LogP contribution >= 0.6 is 0 Å². The zero-order chi connectivity index (χ0) is 19.3.